The van der Waals surface area contributed by atoms with Crippen molar-refractivity contribution in [1.29, 1.82) is 0 Å². The normalized spacial score (nSPS) is 12.9. The van der Waals surface area contributed by atoms with E-state index in [1.54, 1.807) is 14.7 Å². The Morgan fingerprint density at radius 2 is 2.25 bits per heavy atom. The molecule has 0 spiro atoms. The third kappa shape index (κ3) is 8.01. The van der Waals surface area contributed by atoms with Crippen molar-refractivity contribution in [3.05, 3.63) is 0 Å². The maximum Gasteiger partial charge on any atom is 0.395 e. The Labute approximate surface area is 75.3 Å². The lowest BCUT2D eigenvalue weighted by Gasteiger charge is -2.07. The fourth-order valence-corrected chi connectivity index (χ4v) is 0.894. The van der Waals surface area contributed by atoms with Gasteiger partial charge in [0.05, 0.1) is 0 Å². The molecule has 1 unspecified atom stereocenters. The Morgan fingerprint density at radius 1 is 1.50 bits per heavy atom. The minimum Gasteiger partial charge on any atom is -0.427 e. The largest absolute Gasteiger partial charge is 0.427 e. The molecule has 0 heterocycles. The first-order valence-corrected chi connectivity index (χ1v) is 4.34. The van der Waals surface area contributed by atoms with Gasteiger partial charge in [-0.25, -0.2) is 0 Å². The van der Waals surface area contributed by atoms with Gasteiger partial charge in [-0.05, 0) is 19.4 Å². The third-order valence-corrected chi connectivity index (χ3v) is 1.65. The molecule has 1 radical (unpaired) electrons. The topological polar surface area (TPSA) is 73.3 Å². The highest BCUT2D eigenvalue weighted by Gasteiger charge is 1.97. The number of rotatable bonds is 8. The van der Waals surface area contributed by atoms with Crippen LogP contribution in [0.3, 0.4) is 0 Å². The van der Waals surface area contributed by atoms with Crippen LogP contribution >= 0.6 is 0 Å². The average molecular weight is 172 g/mol. The van der Waals surface area contributed by atoms with Crippen LogP contribution in [-0.2, 0) is 4.65 Å². The Morgan fingerprint density at radius 3 is 2.83 bits per heavy atom. The van der Waals surface area contributed by atoms with Crippen molar-refractivity contribution in [2.24, 2.45) is 11.5 Å². The summed E-state index contributed by atoms with van der Waals surface area (Å²) >= 11 is 0. The molecular weight excluding hydrogens is 153 g/mol. The van der Waals surface area contributed by atoms with E-state index in [4.69, 9.17) is 16.1 Å². The van der Waals surface area contributed by atoms with Gasteiger partial charge in [0.25, 0.3) is 0 Å². The van der Waals surface area contributed by atoms with Crippen LogP contribution in [0, 0.1) is 0 Å². The van der Waals surface area contributed by atoms with Crippen LogP contribution < -0.4 is 16.7 Å². The highest BCUT2D eigenvalue weighted by atomic mass is 16.4. The average Bonchev–Trinajstić information content (AvgIpc) is 2.10. The van der Waals surface area contributed by atoms with E-state index in [1.165, 1.54) is 0 Å². The summed E-state index contributed by atoms with van der Waals surface area (Å²) in [5, 5.41) is 3.01. The first-order chi connectivity index (χ1) is 5.81. The number of hydrogen-bond donors (Lipinski definition) is 3. The van der Waals surface area contributed by atoms with Crippen molar-refractivity contribution in [3.63, 3.8) is 0 Å². The van der Waals surface area contributed by atoms with Crippen LogP contribution in [-0.4, -0.2) is 33.9 Å². The summed E-state index contributed by atoms with van der Waals surface area (Å²) in [4.78, 5) is 0. The van der Waals surface area contributed by atoms with Gasteiger partial charge in [-0.2, -0.15) is 0 Å². The lowest BCUT2D eigenvalue weighted by molar-refractivity contribution is 0.429. The zero-order valence-electron chi connectivity index (χ0n) is 7.75. The fraction of sp³-hybridized carbons (Fsp3) is 1.00. The summed E-state index contributed by atoms with van der Waals surface area (Å²) < 4.78 is 4.71. The molecule has 0 rings (SSSR count). The standard InChI is InChI=1S/C7H19BN3O/c1-12-8-11-5-3-2-4-7(10)6-9/h7,11H,2-6,9-10H2,1H3. The van der Waals surface area contributed by atoms with Gasteiger partial charge in [0, 0.05) is 19.7 Å². The van der Waals surface area contributed by atoms with Crippen molar-refractivity contribution in [2.75, 3.05) is 20.2 Å². The van der Waals surface area contributed by atoms with Gasteiger partial charge in [-0.1, -0.05) is 6.42 Å². The second-order valence-corrected chi connectivity index (χ2v) is 2.80. The van der Waals surface area contributed by atoms with Crippen molar-refractivity contribution in [2.45, 2.75) is 25.3 Å². The Bertz CT molecular complexity index is 94.7. The van der Waals surface area contributed by atoms with Crippen molar-refractivity contribution < 1.29 is 4.65 Å². The smallest absolute Gasteiger partial charge is 0.395 e. The molecule has 0 aliphatic heterocycles. The van der Waals surface area contributed by atoms with E-state index in [0.717, 1.165) is 25.8 Å². The van der Waals surface area contributed by atoms with Crippen LogP contribution in [0.5, 0.6) is 0 Å². The molecule has 5 N–H and O–H groups in total. The summed E-state index contributed by atoms with van der Waals surface area (Å²) in [7, 11) is 3.21. The van der Waals surface area contributed by atoms with E-state index < -0.39 is 0 Å². The monoisotopic (exact) mass is 172 g/mol. The van der Waals surface area contributed by atoms with Gasteiger partial charge in [0.1, 0.15) is 0 Å². The van der Waals surface area contributed by atoms with Gasteiger partial charge in [0.2, 0.25) is 0 Å². The Kier molecular flexibility index (Phi) is 8.93. The molecular formula is C7H19BN3O. The summed E-state index contributed by atoms with van der Waals surface area (Å²) in [6, 6.07) is 0.163. The molecule has 0 saturated heterocycles. The molecule has 0 aromatic rings. The first kappa shape index (κ1) is 11.9. The molecule has 5 heteroatoms. The highest BCUT2D eigenvalue weighted by Crippen LogP contribution is 1.96. The van der Waals surface area contributed by atoms with Crippen LogP contribution in [0.2, 0.25) is 0 Å². The Hall–Kier alpha value is -0.0951. The van der Waals surface area contributed by atoms with Gasteiger partial charge < -0.3 is 21.3 Å². The van der Waals surface area contributed by atoms with Crippen LogP contribution in [0.1, 0.15) is 19.3 Å². The van der Waals surface area contributed by atoms with E-state index in [9.17, 15) is 0 Å². The quantitative estimate of drug-likeness (QED) is 0.331. The molecule has 0 aromatic carbocycles. The molecule has 1 atom stereocenters. The number of hydrogen-bond acceptors (Lipinski definition) is 4. The molecule has 0 aromatic heterocycles. The number of nitrogens with two attached hydrogens (primary N) is 2. The molecule has 4 nitrogen and oxygen atoms in total. The molecule has 0 bridgehead atoms. The highest BCUT2D eigenvalue weighted by molar-refractivity contribution is 6.23. The Balaban J connectivity index is 2.90. The SMILES string of the molecule is CO[B]NCCCCC(N)CN. The number of nitrogens with one attached hydrogen (secondary N) is 1. The molecule has 0 fully saturated rings. The molecule has 0 aliphatic carbocycles. The van der Waals surface area contributed by atoms with E-state index in [-0.39, 0.29) is 6.04 Å². The fourth-order valence-electron chi connectivity index (χ4n) is 0.894. The van der Waals surface area contributed by atoms with Crippen LogP contribution in [0.4, 0.5) is 0 Å². The van der Waals surface area contributed by atoms with Gasteiger partial charge >= 0.3 is 7.62 Å². The van der Waals surface area contributed by atoms with Crippen molar-refractivity contribution in [3.8, 4) is 0 Å². The molecule has 0 saturated carbocycles. The second kappa shape index (κ2) is 9.00. The van der Waals surface area contributed by atoms with E-state index >= 15 is 0 Å². The first-order valence-electron chi connectivity index (χ1n) is 4.34. The molecule has 0 amide bonds. The van der Waals surface area contributed by atoms with E-state index in [2.05, 4.69) is 5.23 Å². The van der Waals surface area contributed by atoms with E-state index in [1.807, 2.05) is 0 Å². The zero-order chi connectivity index (χ0) is 9.23. The minimum absolute atomic E-state index is 0.163. The van der Waals surface area contributed by atoms with Gasteiger partial charge in [-0.15, -0.1) is 0 Å². The summed E-state index contributed by atoms with van der Waals surface area (Å²) in [6.07, 6.45) is 3.22. The maximum atomic E-state index is 5.64. The predicted octanol–water partition coefficient (Wildman–Crippen LogP) is -0.787. The number of unbranched alkanes of at least 4 members (excludes halogenated alkanes) is 1. The maximum absolute atomic E-state index is 5.64. The molecule has 0 aliphatic rings. The lowest BCUT2D eigenvalue weighted by Crippen LogP contribution is -2.29. The molecule has 71 valence electrons. The van der Waals surface area contributed by atoms with E-state index in [0.29, 0.717) is 6.54 Å². The third-order valence-electron chi connectivity index (χ3n) is 1.65. The van der Waals surface area contributed by atoms with Crippen molar-refractivity contribution >= 4 is 7.62 Å². The zero-order valence-corrected chi connectivity index (χ0v) is 7.75. The van der Waals surface area contributed by atoms with Crippen LogP contribution in [0.25, 0.3) is 0 Å². The second-order valence-electron chi connectivity index (χ2n) is 2.80. The lowest BCUT2D eigenvalue weighted by atomic mass is 10.1. The van der Waals surface area contributed by atoms with Gasteiger partial charge in [0.15, 0.2) is 0 Å². The van der Waals surface area contributed by atoms with Crippen molar-refractivity contribution in [1.82, 2.24) is 5.23 Å². The summed E-state index contributed by atoms with van der Waals surface area (Å²) in [5.41, 5.74) is 11.0. The molecule has 12 heavy (non-hydrogen) atoms. The van der Waals surface area contributed by atoms with Gasteiger partial charge in [-0.3, -0.25) is 0 Å². The van der Waals surface area contributed by atoms with Crippen LogP contribution in [0.15, 0.2) is 0 Å². The minimum atomic E-state index is 0.163. The predicted molar refractivity (Wildman–Crippen MR) is 51.6 cm³/mol. The summed E-state index contributed by atoms with van der Waals surface area (Å²) in [6.45, 7) is 1.52. The summed E-state index contributed by atoms with van der Waals surface area (Å²) in [5.74, 6) is 0.